The van der Waals surface area contributed by atoms with Crippen molar-refractivity contribution in [2.75, 3.05) is 13.7 Å². The summed E-state index contributed by atoms with van der Waals surface area (Å²) in [5.41, 5.74) is 1.55. The van der Waals surface area contributed by atoms with Crippen molar-refractivity contribution in [1.29, 1.82) is 0 Å². The number of phenolic OH excluding ortho intramolecular Hbond substituents is 1. The predicted octanol–water partition coefficient (Wildman–Crippen LogP) is 4.79. The zero-order valence-corrected chi connectivity index (χ0v) is 16.7. The number of hydrogen-bond donors (Lipinski definition) is 1. The molecule has 0 bridgehead atoms. The molecular weight excluding hydrogens is 416 g/mol. The van der Waals surface area contributed by atoms with Gasteiger partial charge in [0, 0.05) is 7.05 Å². The Bertz CT molecular complexity index is 897. The Labute approximate surface area is 164 Å². The topological polar surface area (TPSA) is 62.1 Å². The number of phenols is 1. The molecule has 134 valence electrons. The first kappa shape index (κ1) is 18.5. The normalized spacial score (nSPS) is 17.3. The summed E-state index contributed by atoms with van der Waals surface area (Å²) in [6.07, 6.45) is 1.77. The summed E-state index contributed by atoms with van der Waals surface area (Å²) >= 11 is 4.63. The number of carbonyl (C=O) groups is 1. The lowest BCUT2D eigenvalue weighted by Crippen LogP contribution is -2.23. The minimum atomic E-state index is -0.119. The lowest BCUT2D eigenvalue weighted by Gasteiger charge is -2.09. The first-order chi connectivity index (χ1) is 12.5. The number of carbonyl (C=O) groups excluding carboxylic acids is 1. The maximum Gasteiger partial charge on any atom is 0.266 e. The molecule has 0 aromatic heterocycles. The van der Waals surface area contributed by atoms with Gasteiger partial charge in [-0.3, -0.25) is 9.69 Å². The van der Waals surface area contributed by atoms with Gasteiger partial charge in [0.05, 0.1) is 21.7 Å². The second kappa shape index (κ2) is 7.97. The van der Waals surface area contributed by atoms with Gasteiger partial charge in [-0.05, 0) is 70.5 Å². The molecule has 0 spiro atoms. The van der Waals surface area contributed by atoms with E-state index < -0.39 is 0 Å². The summed E-state index contributed by atoms with van der Waals surface area (Å²) in [4.78, 5) is 19.2. The number of halogens is 1. The number of nitrogens with zero attached hydrogens (tertiary/aromatic N) is 2. The molecule has 0 atom stereocenters. The van der Waals surface area contributed by atoms with E-state index in [4.69, 9.17) is 4.74 Å². The molecule has 2 aromatic rings. The average molecular weight is 433 g/mol. The van der Waals surface area contributed by atoms with Crippen molar-refractivity contribution < 1.29 is 14.6 Å². The molecule has 7 heteroatoms. The number of aliphatic imine (C=N–C) groups is 1. The van der Waals surface area contributed by atoms with Gasteiger partial charge < -0.3 is 9.84 Å². The third-order valence-electron chi connectivity index (χ3n) is 3.63. The maximum atomic E-state index is 12.5. The van der Waals surface area contributed by atoms with Crippen LogP contribution < -0.4 is 4.74 Å². The molecular formula is C19H17BrN2O3S. The summed E-state index contributed by atoms with van der Waals surface area (Å²) in [7, 11) is 1.70. The van der Waals surface area contributed by atoms with Crippen LogP contribution in [0.3, 0.4) is 0 Å². The highest BCUT2D eigenvalue weighted by atomic mass is 79.9. The van der Waals surface area contributed by atoms with Crippen LogP contribution in [0.25, 0.3) is 6.08 Å². The van der Waals surface area contributed by atoms with Crippen molar-refractivity contribution >= 4 is 50.5 Å². The van der Waals surface area contributed by atoms with E-state index >= 15 is 0 Å². The van der Waals surface area contributed by atoms with E-state index in [2.05, 4.69) is 20.9 Å². The summed E-state index contributed by atoms with van der Waals surface area (Å²) < 4.78 is 5.95. The van der Waals surface area contributed by atoms with E-state index in [0.717, 1.165) is 11.3 Å². The quantitative estimate of drug-likeness (QED) is 0.705. The molecule has 0 saturated carbocycles. The van der Waals surface area contributed by atoms with Crippen molar-refractivity contribution in [2.45, 2.75) is 6.92 Å². The SMILES string of the molecule is CCOc1cc(/C=C2\SC(=Nc3ccccc3)N(C)C2=O)cc(Br)c1O. The molecule has 26 heavy (non-hydrogen) atoms. The van der Waals surface area contributed by atoms with E-state index in [1.165, 1.54) is 16.7 Å². The molecule has 1 fully saturated rings. The zero-order valence-electron chi connectivity index (χ0n) is 14.3. The average Bonchev–Trinajstić information content (AvgIpc) is 2.88. The number of rotatable bonds is 4. The molecule has 0 unspecified atom stereocenters. The van der Waals surface area contributed by atoms with Crippen molar-refractivity contribution in [3.63, 3.8) is 0 Å². The first-order valence-electron chi connectivity index (χ1n) is 7.96. The Morgan fingerprint density at radius 3 is 2.73 bits per heavy atom. The summed E-state index contributed by atoms with van der Waals surface area (Å²) in [5, 5.41) is 10.6. The van der Waals surface area contributed by atoms with Crippen molar-refractivity contribution in [2.24, 2.45) is 4.99 Å². The second-order valence-corrected chi connectivity index (χ2v) is 7.35. The number of thioether (sulfide) groups is 1. The van der Waals surface area contributed by atoms with Crippen LogP contribution in [-0.4, -0.2) is 34.7 Å². The van der Waals surface area contributed by atoms with Gasteiger partial charge in [0.25, 0.3) is 5.91 Å². The van der Waals surface area contributed by atoms with Gasteiger partial charge in [-0.25, -0.2) is 4.99 Å². The van der Waals surface area contributed by atoms with Crippen molar-refractivity contribution in [1.82, 2.24) is 4.90 Å². The summed E-state index contributed by atoms with van der Waals surface area (Å²) in [5.74, 6) is 0.297. The first-order valence-corrected chi connectivity index (χ1v) is 9.57. The van der Waals surface area contributed by atoms with Crippen molar-refractivity contribution in [3.05, 3.63) is 57.4 Å². The Hall–Kier alpha value is -2.25. The van der Waals surface area contributed by atoms with E-state index in [9.17, 15) is 9.90 Å². The molecule has 1 aliphatic rings. The van der Waals surface area contributed by atoms with Gasteiger partial charge in [-0.15, -0.1) is 0 Å². The number of amides is 1. The van der Waals surface area contributed by atoms with E-state index in [1.54, 1.807) is 25.3 Å². The fourth-order valence-corrected chi connectivity index (χ4v) is 3.81. The van der Waals surface area contributed by atoms with Crippen LogP contribution in [0.15, 0.2) is 56.8 Å². The van der Waals surface area contributed by atoms with Crippen LogP contribution in [0.1, 0.15) is 12.5 Å². The number of para-hydroxylation sites is 1. The lowest BCUT2D eigenvalue weighted by molar-refractivity contribution is -0.121. The van der Waals surface area contributed by atoms with E-state index in [1.807, 2.05) is 37.3 Å². The molecule has 1 aliphatic heterocycles. The lowest BCUT2D eigenvalue weighted by atomic mass is 10.2. The predicted molar refractivity (Wildman–Crippen MR) is 109 cm³/mol. The molecule has 3 rings (SSSR count). The largest absolute Gasteiger partial charge is 0.503 e. The number of likely N-dealkylation sites (N-methyl/N-ethyl adjacent to an activating group) is 1. The molecule has 1 amide bonds. The second-order valence-electron chi connectivity index (χ2n) is 5.49. The summed E-state index contributed by atoms with van der Waals surface area (Å²) in [6, 6.07) is 13.0. The highest BCUT2D eigenvalue weighted by Crippen LogP contribution is 2.38. The molecule has 2 aromatic carbocycles. The highest BCUT2D eigenvalue weighted by molar-refractivity contribution is 9.10. The number of aromatic hydroxyl groups is 1. The van der Waals surface area contributed by atoms with Crippen LogP contribution in [-0.2, 0) is 4.79 Å². The van der Waals surface area contributed by atoms with Crippen LogP contribution in [0.5, 0.6) is 11.5 Å². The Balaban J connectivity index is 1.92. The third kappa shape index (κ3) is 3.94. The fraction of sp³-hybridized carbons (Fsp3) is 0.158. The van der Waals surface area contributed by atoms with Crippen LogP contribution in [0, 0.1) is 0 Å². The third-order valence-corrected chi connectivity index (χ3v) is 5.30. The zero-order chi connectivity index (χ0) is 18.7. The van der Waals surface area contributed by atoms with Crippen molar-refractivity contribution in [3.8, 4) is 11.5 Å². The minimum Gasteiger partial charge on any atom is -0.503 e. The van der Waals surface area contributed by atoms with E-state index in [0.29, 0.717) is 26.9 Å². The molecule has 1 N–H and O–H groups in total. The molecule has 1 heterocycles. The van der Waals surface area contributed by atoms with Gasteiger partial charge in [0.2, 0.25) is 0 Å². The van der Waals surface area contributed by atoms with Crippen LogP contribution in [0.4, 0.5) is 5.69 Å². The smallest absolute Gasteiger partial charge is 0.266 e. The van der Waals surface area contributed by atoms with E-state index in [-0.39, 0.29) is 11.7 Å². The van der Waals surface area contributed by atoms with Gasteiger partial charge in [-0.2, -0.15) is 0 Å². The highest BCUT2D eigenvalue weighted by Gasteiger charge is 2.30. The minimum absolute atomic E-state index is 0.0443. The number of benzene rings is 2. The monoisotopic (exact) mass is 432 g/mol. The Kier molecular flexibility index (Phi) is 5.68. The number of ether oxygens (including phenoxy) is 1. The molecule has 0 aliphatic carbocycles. The van der Waals surface area contributed by atoms with Gasteiger partial charge in [-0.1, -0.05) is 18.2 Å². The van der Waals surface area contributed by atoms with Gasteiger partial charge in [0.15, 0.2) is 16.7 Å². The number of amidine groups is 1. The Morgan fingerprint density at radius 1 is 1.31 bits per heavy atom. The Morgan fingerprint density at radius 2 is 2.04 bits per heavy atom. The molecule has 1 saturated heterocycles. The van der Waals surface area contributed by atoms with Crippen LogP contribution >= 0.6 is 27.7 Å². The summed E-state index contributed by atoms with van der Waals surface area (Å²) in [6.45, 7) is 2.28. The molecule has 0 radical (unpaired) electrons. The van der Waals surface area contributed by atoms with Gasteiger partial charge >= 0.3 is 0 Å². The number of hydrogen-bond acceptors (Lipinski definition) is 5. The maximum absolute atomic E-state index is 12.5. The van der Waals surface area contributed by atoms with Crippen LogP contribution in [0.2, 0.25) is 0 Å². The van der Waals surface area contributed by atoms with Gasteiger partial charge in [0.1, 0.15) is 0 Å². The molecule has 5 nitrogen and oxygen atoms in total. The standard InChI is InChI=1S/C19H17BrN2O3S/c1-3-25-15-10-12(9-14(20)17(15)23)11-16-18(24)22(2)19(26-16)21-13-7-5-4-6-8-13/h4-11,23H,3H2,1-2H3/b16-11-,21-19?. The fourth-order valence-electron chi connectivity index (χ4n) is 2.36.